The van der Waals surface area contributed by atoms with Gasteiger partial charge < -0.3 is 35.7 Å². The molecule has 2 aromatic carbocycles. The molecule has 2 unspecified atom stereocenters. The summed E-state index contributed by atoms with van der Waals surface area (Å²) >= 11 is 0. The number of nitrogens with zero attached hydrogens (tertiary/aromatic N) is 2. The first kappa shape index (κ1) is 28.2. The number of amides is 1. The Morgan fingerprint density at radius 1 is 1.33 bits per heavy atom. The van der Waals surface area contributed by atoms with Gasteiger partial charge >= 0.3 is 24.6 Å². The molecule has 0 bridgehead atoms. The van der Waals surface area contributed by atoms with Gasteiger partial charge in [-0.1, -0.05) is 18.2 Å². The van der Waals surface area contributed by atoms with Gasteiger partial charge in [-0.15, -0.1) is 0 Å². The number of halogens is 1. The maximum atomic E-state index is 14.8. The topological polar surface area (TPSA) is 97.3 Å². The Morgan fingerprint density at radius 2 is 1.97 bits per heavy atom. The second-order valence-electron chi connectivity index (χ2n) is 7.22. The van der Waals surface area contributed by atoms with E-state index in [0.29, 0.717) is 22.2 Å². The molecular formula is C24H25FLiN3O4-2. The number of ether oxygens (including phenoxy) is 1. The Hall–Kier alpha value is -2.84. The Morgan fingerprint density at radius 3 is 2.55 bits per heavy atom. The number of rotatable bonds is 7. The summed E-state index contributed by atoms with van der Waals surface area (Å²) in [5, 5.41) is 11.9. The summed E-state index contributed by atoms with van der Waals surface area (Å²) in [7, 11) is 2.92. The molecular weight excluding hydrogens is 420 g/mol. The molecule has 33 heavy (non-hydrogen) atoms. The van der Waals surface area contributed by atoms with Gasteiger partial charge in [0.25, 0.3) is 0 Å². The zero-order valence-electron chi connectivity index (χ0n) is 19.3. The summed E-state index contributed by atoms with van der Waals surface area (Å²) in [5.74, 6) is -1.58. The molecule has 1 N–H and O–H groups in total. The molecule has 0 radical (unpaired) electrons. The fourth-order valence-electron chi connectivity index (χ4n) is 3.15. The van der Waals surface area contributed by atoms with Crippen molar-refractivity contribution in [3.63, 3.8) is 0 Å². The summed E-state index contributed by atoms with van der Waals surface area (Å²) in [5.41, 5.74) is 1.21. The average molecular weight is 445 g/mol. The molecule has 1 amide bonds. The predicted octanol–water partition coefficient (Wildman–Crippen LogP) is 0.386. The summed E-state index contributed by atoms with van der Waals surface area (Å²) in [6.45, 7) is 7.31. The van der Waals surface area contributed by atoms with Gasteiger partial charge in [0.05, 0.1) is 11.6 Å². The maximum absolute atomic E-state index is 14.8. The van der Waals surface area contributed by atoms with Gasteiger partial charge in [0.15, 0.2) is 5.58 Å². The maximum Gasteiger partial charge on any atom is 1.00 e. The third-order valence-electron chi connectivity index (χ3n) is 5.27. The second kappa shape index (κ2) is 11.3. The van der Waals surface area contributed by atoms with Crippen LogP contribution in [-0.4, -0.2) is 29.2 Å². The number of nitrogens with one attached hydrogen (secondary N) is 1. The number of carbonyl (C=O) groups excluding carboxylic acids is 1. The van der Waals surface area contributed by atoms with E-state index in [-0.39, 0.29) is 44.7 Å². The van der Waals surface area contributed by atoms with Crippen molar-refractivity contribution in [3.8, 4) is 17.2 Å². The molecule has 1 aromatic heterocycles. The SMILES string of the molecule is [CH2-]CC([CH2-])(OC)C(=O)NC(C#N)Cc1ccc(-c2ccc3oc(=O)n(C)c3c2)cc1F.[CH3-].[Li+]. The van der Waals surface area contributed by atoms with E-state index >= 15 is 0 Å². The number of benzene rings is 2. The summed E-state index contributed by atoms with van der Waals surface area (Å²) in [4.78, 5) is 24.0. The van der Waals surface area contributed by atoms with E-state index in [1.807, 2.05) is 6.07 Å². The van der Waals surface area contributed by atoms with Crippen molar-refractivity contribution >= 4 is 17.0 Å². The van der Waals surface area contributed by atoms with E-state index in [1.54, 1.807) is 37.4 Å². The van der Waals surface area contributed by atoms with Gasteiger partial charge in [-0.05, 0) is 40.5 Å². The number of oxazole rings is 1. The van der Waals surface area contributed by atoms with Gasteiger partial charge in [-0.25, -0.2) is 9.18 Å². The van der Waals surface area contributed by atoms with Crippen molar-refractivity contribution in [2.75, 3.05) is 7.11 Å². The van der Waals surface area contributed by atoms with Crippen LogP contribution in [0.3, 0.4) is 0 Å². The van der Waals surface area contributed by atoms with Crippen LogP contribution in [0.2, 0.25) is 0 Å². The largest absolute Gasteiger partial charge is 1.00 e. The van der Waals surface area contributed by atoms with Crippen LogP contribution in [0.4, 0.5) is 4.39 Å². The van der Waals surface area contributed by atoms with Crippen molar-refractivity contribution in [2.45, 2.75) is 24.5 Å². The monoisotopic (exact) mass is 445 g/mol. The number of aromatic nitrogens is 1. The third-order valence-corrected chi connectivity index (χ3v) is 5.27. The summed E-state index contributed by atoms with van der Waals surface area (Å²) < 4.78 is 26.4. The van der Waals surface area contributed by atoms with Crippen LogP contribution in [0.25, 0.3) is 22.2 Å². The van der Waals surface area contributed by atoms with Gasteiger partial charge in [-0.2, -0.15) is 11.7 Å². The number of hydrogen-bond acceptors (Lipinski definition) is 5. The number of carbonyl (C=O) groups is 1. The van der Waals surface area contributed by atoms with E-state index in [0.717, 1.165) is 0 Å². The first-order valence-corrected chi connectivity index (χ1v) is 9.51. The van der Waals surface area contributed by atoms with E-state index in [4.69, 9.17) is 9.15 Å². The molecule has 9 heteroatoms. The number of methoxy groups -OCH3 is 1. The van der Waals surface area contributed by atoms with Crippen molar-refractivity contribution in [1.82, 2.24) is 9.88 Å². The Labute approximate surface area is 204 Å². The normalized spacial score (nSPS) is 13.2. The standard InChI is InChI=1S/C23H22FN3O4.CH3.Li/c1-5-23(2,30-4)21(28)26-17(13-25)10-16-7-6-14(11-18(16)24)15-8-9-20-19(12-15)27(3)22(29)31-20;;/h6-9,11-12,17H,1-2,5,10H2,3-4H3,(H,26,28);1H3;/q-2;-1;+1. The molecule has 0 fully saturated rings. The van der Waals surface area contributed by atoms with Crippen LogP contribution in [-0.2, 0) is 23.0 Å². The first-order valence-electron chi connectivity index (χ1n) is 9.51. The minimum atomic E-state index is -1.41. The van der Waals surface area contributed by atoms with Crippen LogP contribution in [0.15, 0.2) is 45.6 Å². The van der Waals surface area contributed by atoms with Crippen LogP contribution in [0.5, 0.6) is 0 Å². The molecule has 7 nitrogen and oxygen atoms in total. The number of aryl methyl sites for hydroxylation is 1. The fourth-order valence-corrected chi connectivity index (χ4v) is 3.15. The van der Waals surface area contributed by atoms with Crippen molar-refractivity contribution in [3.05, 3.63) is 79.6 Å². The molecule has 0 aliphatic rings. The Balaban J connectivity index is 0.00000272. The average Bonchev–Trinajstić information content (AvgIpc) is 3.06. The van der Waals surface area contributed by atoms with Crippen molar-refractivity contribution in [2.24, 2.45) is 7.05 Å². The zero-order valence-corrected chi connectivity index (χ0v) is 19.3. The van der Waals surface area contributed by atoms with Gasteiger partial charge in [0, 0.05) is 20.6 Å². The smallest absolute Gasteiger partial charge is 0.408 e. The third kappa shape index (κ3) is 5.75. The number of nitriles is 1. The summed E-state index contributed by atoms with van der Waals surface area (Å²) in [6, 6.07) is 10.7. The molecule has 3 rings (SSSR count). The van der Waals surface area contributed by atoms with Crippen LogP contribution < -0.4 is 29.9 Å². The molecule has 0 saturated carbocycles. The summed E-state index contributed by atoms with van der Waals surface area (Å²) in [6.07, 6.45) is 0.0453. The number of fused-ring (bicyclic) bond motifs is 1. The number of hydrogen-bond donors (Lipinski definition) is 1. The first-order chi connectivity index (χ1) is 14.7. The predicted molar refractivity (Wildman–Crippen MR) is 120 cm³/mol. The fraction of sp³-hybridized carbons (Fsp3) is 0.250. The van der Waals surface area contributed by atoms with E-state index in [9.17, 15) is 19.2 Å². The van der Waals surface area contributed by atoms with Gasteiger partial charge in [-0.3, -0.25) is 9.36 Å². The zero-order chi connectivity index (χ0) is 22.8. The molecule has 1 heterocycles. The van der Waals surface area contributed by atoms with Crippen molar-refractivity contribution < 1.29 is 37.2 Å². The molecule has 0 saturated heterocycles. The molecule has 2 atom stereocenters. The Bertz CT molecular complexity index is 1220. The quantitative estimate of drug-likeness (QED) is 0.419. The Kier molecular flexibility index (Phi) is 9.68. The van der Waals surface area contributed by atoms with Gasteiger partial charge in [0.1, 0.15) is 11.9 Å². The van der Waals surface area contributed by atoms with Crippen LogP contribution in [0.1, 0.15) is 12.0 Å². The van der Waals surface area contributed by atoms with E-state index in [1.165, 1.54) is 17.7 Å². The van der Waals surface area contributed by atoms with E-state index < -0.39 is 29.1 Å². The minimum Gasteiger partial charge on any atom is -0.408 e. The molecule has 0 aliphatic heterocycles. The second-order valence-corrected chi connectivity index (χ2v) is 7.22. The minimum absolute atomic E-state index is 0. The van der Waals surface area contributed by atoms with Crippen LogP contribution >= 0.6 is 0 Å². The van der Waals surface area contributed by atoms with Gasteiger partial charge in [0.2, 0.25) is 5.91 Å². The molecule has 170 valence electrons. The van der Waals surface area contributed by atoms with Crippen LogP contribution in [0, 0.1) is 38.4 Å². The molecule has 3 aromatic rings. The van der Waals surface area contributed by atoms with E-state index in [2.05, 4.69) is 19.2 Å². The molecule has 0 spiro atoms. The van der Waals surface area contributed by atoms with Crippen molar-refractivity contribution in [1.29, 1.82) is 5.26 Å². The molecule has 0 aliphatic carbocycles.